The van der Waals surface area contributed by atoms with Gasteiger partial charge in [-0.25, -0.2) is 0 Å². The predicted molar refractivity (Wildman–Crippen MR) is 100 cm³/mol. The number of hydrogen-bond acceptors (Lipinski definition) is 4. The first-order valence-corrected chi connectivity index (χ1v) is 10.0. The quantitative estimate of drug-likeness (QED) is 0.779. The largest absolute Gasteiger partial charge is 0.355 e. The number of nitrogens with one attached hydrogen (secondary N) is 1. The van der Waals surface area contributed by atoms with Crippen molar-refractivity contribution in [1.29, 1.82) is 0 Å². The molecule has 1 saturated carbocycles. The zero-order valence-corrected chi connectivity index (χ0v) is 16.1. The first kappa shape index (κ1) is 18.7. The lowest BCUT2D eigenvalue weighted by Gasteiger charge is -2.38. The van der Waals surface area contributed by atoms with Crippen LogP contribution < -0.4 is 5.32 Å². The van der Waals surface area contributed by atoms with Crippen molar-refractivity contribution in [3.63, 3.8) is 0 Å². The average molecular weight is 393 g/mol. The van der Waals surface area contributed by atoms with Crippen LogP contribution >= 0.6 is 11.6 Å². The molecular formula is C20H25ClN2O4. The van der Waals surface area contributed by atoms with Gasteiger partial charge in [0.15, 0.2) is 5.79 Å². The van der Waals surface area contributed by atoms with Crippen molar-refractivity contribution in [3.05, 3.63) is 34.9 Å². The molecule has 146 valence electrons. The number of carbonyl (C=O) groups excluding carboxylic acids is 2. The fourth-order valence-corrected chi connectivity index (χ4v) is 4.20. The Balaban J connectivity index is 1.29. The van der Waals surface area contributed by atoms with Gasteiger partial charge < -0.3 is 19.7 Å². The third-order valence-electron chi connectivity index (χ3n) is 5.81. The molecule has 2 saturated heterocycles. The number of likely N-dealkylation sites (tertiary alicyclic amines) is 1. The summed E-state index contributed by atoms with van der Waals surface area (Å²) >= 11 is 5.99. The number of benzene rings is 1. The molecular weight excluding hydrogens is 368 g/mol. The van der Waals surface area contributed by atoms with E-state index >= 15 is 0 Å². The summed E-state index contributed by atoms with van der Waals surface area (Å²) in [6, 6.07) is 7.59. The van der Waals surface area contributed by atoms with Crippen LogP contribution in [0.5, 0.6) is 0 Å². The van der Waals surface area contributed by atoms with Crippen molar-refractivity contribution in [1.82, 2.24) is 10.2 Å². The molecule has 1 aromatic carbocycles. The highest BCUT2D eigenvalue weighted by atomic mass is 35.5. The van der Waals surface area contributed by atoms with Gasteiger partial charge in [-0.05, 0) is 37.0 Å². The first-order chi connectivity index (χ1) is 13.0. The molecule has 27 heavy (non-hydrogen) atoms. The standard InChI is InChI=1S/C20H25ClN2O4/c21-16-3-1-2-15(14-16)4-9-22-17(24)19(5-6-19)18(25)23-10-7-20(8-11-23)26-12-13-27-20/h1-3,14H,4-13H2,(H,22,24). The molecule has 0 atom stereocenters. The Kier molecular flexibility index (Phi) is 5.14. The van der Waals surface area contributed by atoms with E-state index in [4.69, 9.17) is 21.1 Å². The summed E-state index contributed by atoms with van der Waals surface area (Å²) < 4.78 is 11.4. The van der Waals surface area contributed by atoms with Crippen LogP contribution in [0.25, 0.3) is 0 Å². The lowest BCUT2D eigenvalue weighted by atomic mass is 9.98. The Morgan fingerprint density at radius 1 is 1.11 bits per heavy atom. The molecule has 2 amide bonds. The normalized spacial score (nSPS) is 22.6. The topological polar surface area (TPSA) is 67.9 Å². The molecule has 1 spiro atoms. The van der Waals surface area contributed by atoms with Crippen molar-refractivity contribution in [2.24, 2.45) is 5.41 Å². The smallest absolute Gasteiger partial charge is 0.238 e. The lowest BCUT2D eigenvalue weighted by molar-refractivity contribution is -0.188. The van der Waals surface area contributed by atoms with E-state index in [9.17, 15) is 9.59 Å². The summed E-state index contributed by atoms with van der Waals surface area (Å²) in [5, 5.41) is 3.63. The van der Waals surface area contributed by atoms with E-state index < -0.39 is 11.2 Å². The molecule has 1 aromatic rings. The highest BCUT2D eigenvalue weighted by Crippen LogP contribution is 2.48. The first-order valence-electron chi connectivity index (χ1n) is 9.63. The van der Waals surface area contributed by atoms with Crippen LogP contribution in [0.2, 0.25) is 5.02 Å². The van der Waals surface area contributed by atoms with Gasteiger partial charge in [0.1, 0.15) is 5.41 Å². The number of hydrogen-bond donors (Lipinski definition) is 1. The maximum absolute atomic E-state index is 13.0. The number of halogens is 1. The maximum atomic E-state index is 13.0. The van der Waals surface area contributed by atoms with Gasteiger partial charge in [0.2, 0.25) is 11.8 Å². The van der Waals surface area contributed by atoms with Gasteiger partial charge in [0, 0.05) is 37.5 Å². The third kappa shape index (κ3) is 3.84. The number of carbonyl (C=O) groups is 2. The Morgan fingerprint density at radius 3 is 2.44 bits per heavy atom. The number of piperidine rings is 1. The van der Waals surface area contributed by atoms with E-state index in [2.05, 4.69) is 5.32 Å². The molecule has 3 aliphatic rings. The highest BCUT2D eigenvalue weighted by Gasteiger charge is 2.58. The number of ether oxygens (including phenoxy) is 2. The summed E-state index contributed by atoms with van der Waals surface area (Å²) in [7, 11) is 0. The molecule has 4 rings (SSSR count). The number of nitrogens with zero attached hydrogens (tertiary/aromatic N) is 1. The van der Waals surface area contributed by atoms with Crippen LogP contribution in [0, 0.1) is 5.41 Å². The minimum Gasteiger partial charge on any atom is -0.355 e. The van der Waals surface area contributed by atoms with Gasteiger partial charge in [-0.15, -0.1) is 0 Å². The molecule has 2 aliphatic heterocycles. The van der Waals surface area contributed by atoms with E-state index in [1.54, 1.807) is 4.90 Å². The minimum atomic E-state index is -0.865. The Bertz CT molecular complexity index is 718. The molecule has 1 N–H and O–H groups in total. The molecule has 1 aliphatic carbocycles. The molecule has 6 nitrogen and oxygen atoms in total. The van der Waals surface area contributed by atoms with Gasteiger partial charge in [-0.1, -0.05) is 23.7 Å². The summed E-state index contributed by atoms with van der Waals surface area (Å²) in [5.41, 5.74) is 0.202. The van der Waals surface area contributed by atoms with Crippen molar-refractivity contribution < 1.29 is 19.1 Å². The molecule has 7 heteroatoms. The minimum absolute atomic E-state index is 0.0457. The summed E-state index contributed by atoms with van der Waals surface area (Å²) in [4.78, 5) is 27.5. The summed E-state index contributed by atoms with van der Waals surface area (Å²) in [6.07, 6.45) is 3.29. The second-order valence-corrected chi connectivity index (χ2v) is 8.05. The van der Waals surface area contributed by atoms with Gasteiger partial charge in [0.25, 0.3) is 0 Å². The van der Waals surface area contributed by atoms with Gasteiger partial charge in [-0.3, -0.25) is 9.59 Å². The SMILES string of the molecule is O=C(NCCc1cccc(Cl)c1)C1(C(=O)N2CCC3(CC2)OCCO3)CC1. The van der Waals surface area contributed by atoms with Crippen molar-refractivity contribution >= 4 is 23.4 Å². The Hall–Kier alpha value is -1.63. The second-order valence-electron chi connectivity index (χ2n) is 7.62. The van der Waals surface area contributed by atoms with E-state index in [0.717, 1.165) is 5.56 Å². The molecule has 0 bridgehead atoms. The van der Waals surface area contributed by atoms with Gasteiger partial charge in [0.05, 0.1) is 13.2 Å². The maximum Gasteiger partial charge on any atom is 0.238 e. The fourth-order valence-electron chi connectivity index (χ4n) is 3.98. The lowest BCUT2D eigenvalue weighted by Crippen LogP contribution is -2.52. The zero-order valence-electron chi connectivity index (χ0n) is 15.3. The predicted octanol–water partition coefficient (Wildman–Crippen LogP) is 2.14. The third-order valence-corrected chi connectivity index (χ3v) is 6.04. The van der Waals surface area contributed by atoms with E-state index in [1.165, 1.54) is 0 Å². The van der Waals surface area contributed by atoms with E-state index in [-0.39, 0.29) is 11.8 Å². The number of amides is 2. The van der Waals surface area contributed by atoms with Crippen LogP contribution in [0.15, 0.2) is 24.3 Å². The van der Waals surface area contributed by atoms with E-state index in [0.29, 0.717) is 70.0 Å². The van der Waals surface area contributed by atoms with Crippen molar-refractivity contribution in [3.8, 4) is 0 Å². The second kappa shape index (κ2) is 7.41. The van der Waals surface area contributed by atoms with E-state index in [1.807, 2.05) is 24.3 Å². The summed E-state index contributed by atoms with van der Waals surface area (Å²) in [5.74, 6) is -0.703. The zero-order chi connectivity index (χ0) is 18.9. The summed E-state index contributed by atoms with van der Waals surface area (Å²) in [6.45, 7) is 2.89. The highest BCUT2D eigenvalue weighted by molar-refractivity contribution is 6.30. The molecule has 0 aromatic heterocycles. The van der Waals surface area contributed by atoms with Crippen LogP contribution in [0.3, 0.4) is 0 Å². The van der Waals surface area contributed by atoms with Crippen LogP contribution in [0.4, 0.5) is 0 Å². The van der Waals surface area contributed by atoms with Crippen LogP contribution in [-0.2, 0) is 25.5 Å². The van der Waals surface area contributed by atoms with Gasteiger partial charge >= 0.3 is 0 Å². The Morgan fingerprint density at radius 2 is 1.81 bits per heavy atom. The average Bonchev–Trinajstić information content (AvgIpc) is 3.37. The van der Waals surface area contributed by atoms with Crippen LogP contribution in [-0.4, -0.2) is 55.3 Å². The number of rotatable bonds is 5. The monoisotopic (exact) mass is 392 g/mol. The molecule has 0 unspecified atom stereocenters. The van der Waals surface area contributed by atoms with Crippen molar-refractivity contribution in [2.45, 2.75) is 37.9 Å². The van der Waals surface area contributed by atoms with Gasteiger partial charge in [-0.2, -0.15) is 0 Å². The molecule has 3 fully saturated rings. The van der Waals surface area contributed by atoms with Crippen molar-refractivity contribution in [2.75, 3.05) is 32.8 Å². The Labute approximate surface area is 164 Å². The molecule has 2 heterocycles. The fraction of sp³-hybridized carbons (Fsp3) is 0.600. The van der Waals surface area contributed by atoms with Crippen LogP contribution in [0.1, 0.15) is 31.2 Å². The molecule has 0 radical (unpaired) electrons.